The maximum Gasteiger partial charge on any atom is 0.336 e. The highest BCUT2D eigenvalue weighted by Crippen LogP contribution is 2.36. The summed E-state index contributed by atoms with van der Waals surface area (Å²) in [6, 6.07) is 24.4. The molecule has 0 aliphatic carbocycles. The van der Waals surface area contributed by atoms with Crippen molar-refractivity contribution in [3.05, 3.63) is 99.9 Å². The number of rotatable bonds is 4. The van der Waals surface area contributed by atoms with E-state index in [0.717, 1.165) is 46.5 Å². The van der Waals surface area contributed by atoms with Crippen LogP contribution in [0.1, 0.15) is 29.5 Å². The van der Waals surface area contributed by atoms with Gasteiger partial charge in [-0.05, 0) is 29.7 Å². The summed E-state index contributed by atoms with van der Waals surface area (Å²) in [5.74, 6) is 1.30. The number of benzene rings is 3. The zero-order chi connectivity index (χ0) is 21.4. The van der Waals surface area contributed by atoms with E-state index in [1.54, 1.807) is 6.07 Å². The highest BCUT2D eigenvalue weighted by atomic mass is 16.5. The van der Waals surface area contributed by atoms with E-state index in [1.165, 1.54) is 10.5 Å². The Morgan fingerprint density at radius 3 is 2.45 bits per heavy atom. The van der Waals surface area contributed by atoms with E-state index in [0.29, 0.717) is 18.2 Å². The predicted molar refractivity (Wildman–Crippen MR) is 123 cm³/mol. The summed E-state index contributed by atoms with van der Waals surface area (Å²) in [7, 11) is 0. The van der Waals surface area contributed by atoms with Gasteiger partial charge in [-0.3, -0.25) is 4.90 Å². The van der Waals surface area contributed by atoms with E-state index >= 15 is 0 Å². The highest BCUT2D eigenvalue weighted by Gasteiger charge is 2.27. The molecule has 3 aromatic carbocycles. The molecule has 0 fully saturated rings. The Morgan fingerprint density at radius 1 is 1.00 bits per heavy atom. The third-order valence-corrected chi connectivity index (χ3v) is 6.20. The van der Waals surface area contributed by atoms with Gasteiger partial charge in [-0.2, -0.15) is 0 Å². The van der Waals surface area contributed by atoms with Gasteiger partial charge in [0.1, 0.15) is 17.9 Å². The molecule has 0 saturated heterocycles. The van der Waals surface area contributed by atoms with Crippen LogP contribution in [0.5, 0.6) is 5.75 Å². The molecule has 1 unspecified atom stereocenters. The van der Waals surface area contributed by atoms with Crippen molar-refractivity contribution < 1.29 is 14.1 Å². The van der Waals surface area contributed by atoms with E-state index in [1.807, 2.05) is 37.3 Å². The van der Waals surface area contributed by atoms with Crippen molar-refractivity contribution in [3.63, 3.8) is 0 Å². The number of fused-ring (bicyclic) bond motifs is 2. The Labute approximate surface area is 181 Å². The van der Waals surface area contributed by atoms with Crippen LogP contribution in [-0.4, -0.2) is 13.3 Å². The summed E-state index contributed by atoms with van der Waals surface area (Å²) >= 11 is 0. The molecule has 1 aliphatic rings. The fraction of sp³-hybridized carbons (Fsp3) is 0.222. The molecular weight excluding hydrogens is 386 g/mol. The molecule has 2 heterocycles. The van der Waals surface area contributed by atoms with Crippen molar-refractivity contribution >= 4 is 11.0 Å². The minimum Gasteiger partial charge on any atom is -0.444 e. The topological polar surface area (TPSA) is 43.9 Å². The maximum absolute atomic E-state index is 12.3. The second-order valence-corrected chi connectivity index (χ2v) is 8.44. The van der Waals surface area contributed by atoms with E-state index < -0.39 is 0 Å². The molecular formula is C27H26NO3+. The summed E-state index contributed by atoms with van der Waals surface area (Å²) in [4.78, 5) is 13.7. The van der Waals surface area contributed by atoms with Gasteiger partial charge >= 0.3 is 5.63 Å². The van der Waals surface area contributed by atoms with Crippen LogP contribution in [0, 0.1) is 6.92 Å². The predicted octanol–water partition coefficient (Wildman–Crippen LogP) is 4.31. The van der Waals surface area contributed by atoms with Crippen LogP contribution in [0.15, 0.2) is 82.0 Å². The Bertz CT molecular complexity index is 1280. The smallest absolute Gasteiger partial charge is 0.336 e. The lowest BCUT2D eigenvalue weighted by Gasteiger charge is -2.29. The van der Waals surface area contributed by atoms with E-state index in [4.69, 9.17) is 9.15 Å². The standard InChI is InChI=1S/C27H25NO3/c1-18(20-9-5-3-6-10-20)15-28-16-22-13-24-23(21-11-7-4-8-12-21)14-25(29)31-27(24)19(2)26(22)30-17-28/h3-14,18H,15-17H2,1-2H3/p+1/t18-/m0/s1. The second-order valence-electron chi connectivity index (χ2n) is 8.44. The largest absolute Gasteiger partial charge is 0.444 e. The highest BCUT2D eigenvalue weighted by molar-refractivity contribution is 5.96. The number of nitrogens with one attached hydrogen (secondary N) is 1. The Kier molecular flexibility index (Phi) is 5.08. The second kappa shape index (κ2) is 8.05. The quantitative estimate of drug-likeness (QED) is 0.508. The molecule has 1 N–H and O–H groups in total. The molecule has 0 saturated carbocycles. The number of ether oxygens (including phenoxy) is 1. The van der Waals surface area contributed by atoms with Gasteiger partial charge in [-0.25, -0.2) is 4.79 Å². The van der Waals surface area contributed by atoms with Crippen LogP contribution in [0.4, 0.5) is 0 Å². The van der Waals surface area contributed by atoms with Crippen LogP contribution in [0.3, 0.4) is 0 Å². The van der Waals surface area contributed by atoms with Gasteiger partial charge in [-0.1, -0.05) is 67.6 Å². The van der Waals surface area contributed by atoms with Crippen LogP contribution in [0.2, 0.25) is 0 Å². The Balaban J connectivity index is 1.53. The lowest BCUT2D eigenvalue weighted by Crippen LogP contribution is -3.12. The van der Waals surface area contributed by atoms with E-state index in [2.05, 4.69) is 43.3 Å². The molecule has 1 aromatic heterocycles. The average molecular weight is 413 g/mol. The van der Waals surface area contributed by atoms with Gasteiger partial charge in [0, 0.05) is 28.5 Å². The lowest BCUT2D eigenvalue weighted by molar-refractivity contribution is -0.933. The summed E-state index contributed by atoms with van der Waals surface area (Å²) < 4.78 is 11.8. The molecule has 2 atom stereocenters. The third kappa shape index (κ3) is 3.75. The molecule has 0 amide bonds. The minimum atomic E-state index is -0.339. The SMILES string of the molecule is Cc1c2c(cc3c(-c4ccccc4)cc(=O)oc13)C[NH+](C[C@H](C)c1ccccc1)CO2. The number of hydrogen-bond donors (Lipinski definition) is 1. The van der Waals surface area contributed by atoms with Crippen LogP contribution in [-0.2, 0) is 6.54 Å². The fourth-order valence-corrected chi connectivity index (χ4v) is 4.66. The molecule has 4 nitrogen and oxygen atoms in total. The fourth-order valence-electron chi connectivity index (χ4n) is 4.66. The van der Waals surface area contributed by atoms with Gasteiger partial charge in [0.15, 0.2) is 0 Å². The van der Waals surface area contributed by atoms with Crippen LogP contribution < -0.4 is 15.3 Å². The summed E-state index contributed by atoms with van der Waals surface area (Å²) in [6.07, 6.45) is 0. The number of quaternary nitrogens is 1. The monoisotopic (exact) mass is 412 g/mol. The summed E-state index contributed by atoms with van der Waals surface area (Å²) in [5.41, 5.74) is 5.61. The van der Waals surface area contributed by atoms with Crippen molar-refractivity contribution in [2.24, 2.45) is 0 Å². The van der Waals surface area contributed by atoms with Crippen molar-refractivity contribution in [2.75, 3.05) is 13.3 Å². The lowest BCUT2D eigenvalue weighted by atomic mass is 9.96. The molecule has 31 heavy (non-hydrogen) atoms. The molecule has 156 valence electrons. The molecule has 1 aliphatic heterocycles. The van der Waals surface area contributed by atoms with Gasteiger partial charge in [-0.15, -0.1) is 0 Å². The Morgan fingerprint density at radius 2 is 1.71 bits per heavy atom. The van der Waals surface area contributed by atoms with Gasteiger partial charge in [0.25, 0.3) is 0 Å². The van der Waals surface area contributed by atoms with Crippen LogP contribution >= 0.6 is 0 Å². The molecule has 0 bridgehead atoms. The minimum absolute atomic E-state index is 0.339. The normalized spacial score (nSPS) is 16.5. The maximum atomic E-state index is 12.3. The molecule has 0 spiro atoms. The van der Waals surface area contributed by atoms with Gasteiger partial charge in [0.05, 0.1) is 6.54 Å². The molecule has 5 rings (SSSR count). The third-order valence-electron chi connectivity index (χ3n) is 6.20. The molecule has 0 radical (unpaired) electrons. The first-order chi connectivity index (χ1) is 15.1. The zero-order valence-electron chi connectivity index (χ0n) is 17.9. The first-order valence-corrected chi connectivity index (χ1v) is 10.8. The number of hydrogen-bond acceptors (Lipinski definition) is 3. The molecule has 4 heteroatoms. The average Bonchev–Trinajstić information content (AvgIpc) is 2.80. The zero-order valence-corrected chi connectivity index (χ0v) is 17.9. The number of aryl methyl sites for hydroxylation is 1. The van der Waals surface area contributed by atoms with E-state index in [9.17, 15) is 4.79 Å². The first kappa shape index (κ1) is 19.6. The van der Waals surface area contributed by atoms with E-state index in [-0.39, 0.29) is 5.63 Å². The van der Waals surface area contributed by atoms with Crippen molar-refractivity contribution in [2.45, 2.75) is 26.3 Å². The van der Waals surface area contributed by atoms with Crippen molar-refractivity contribution in [1.29, 1.82) is 0 Å². The van der Waals surface area contributed by atoms with Crippen molar-refractivity contribution in [1.82, 2.24) is 0 Å². The molecule has 4 aromatic rings. The van der Waals surface area contributed by atoms with Gasteiger partial charge < -0.3 is 9.15 Å². The van der Waals surface area contributed by atoms with Crippen molar-refractivity contribution in [3.8, 4) is 16.9 Å². The summed E-state index contributed by atoms with van der Waals surface area (Å²) in [6.45, 7) is 6.74. The first-order valence-electron chi connectivity index (χ1n) is 10.8. The summed E-state index contributed by atoms with van der Waals surface area (Å²) in [5, 5.41) is 0.961. The van der Waals surface area contributed by atoms with Gasteiger partial charge in [0.2, 0.25) is 6.73 Å². The van der Waals surface area contributed by atoms with Crippen LogP contribution in [0.25, 0.3) is 22.1 Å². The Hall–Kier alpha value is -3.37.